The van der Waals surface area contributed by atoms with Crippen LogP contribution in [-0.4, -0.2) is 52.9 Å². The van der Waals surface area contributed by atoms with Crippen LogP contribution in [0.25, 0.3) is 0 Å². The highest BCUT2D eigenvalue weighted by atomic mass is 127. The van der Waals surface area contributed by atoms with E-state index in [0.29, 0.717) is 17.4 Å². The molecule has 158 valence electrons. The summed E-state index contributed by atoms with van der Waals surface area (Å²) in [5.41, 5.74) is 1.11. The topological polar surface area (TPSA) is 73.8 Å². The molecule has 0 spiro atoms. The summed E-state index contributed by atoms with van der Waals surface area (Å²) in [6, 6.07) is 16.6. The Morgan fingerprint density at radius 3 is 2.66 bits per heavy atom. The molecule has 1 heterocycles. The highest BCUT2D eigenvalue weighted by molar-refractivity contribution is 14.0. The van der Waals surface area contributed by atoms with Crippen LogP contribution in [-0.2, 0) is 9.84 Å². The molecule has 1 fully saturated rings. The number of nitrogens with zero attached hydrogens (tertiary/aromatic N) is 2. The SMILES string of the molecule is CN=C(NCCS(=O)(=O)c1ccccc1)NC1CCN(c2cccc(Cl)c2)C1.I. The third kappa shape index (κ3) is 6.75. The van der Waals surface area contributed by atoms with Crippen LogP contribution in [0.3, 0.4) is 0 Å². The standard InChI is InChI=1S/C20H25ClN4O2S.HI/c1-22-20(23-11-13-28(26,27)19-8-3-2-4-9-19)24-17-10-12-25(15-17)18-7-5-6-16(21)14-18;/h2-9,14,17H,10-13,15H2,1H3,(H2,22,23,24);1H. The zero-order chi connectivity index (χ0) is 20.0. The van der Waals surface area contributed by atoms with Crippen LogP contribution in [0, 0.1) is 0 Å². The Hall–Kier alpha value is -1.52. The fourth-order valence-corrected chi connectivity index (χ4v) is 4.59. The summed E-state index contributed by atoms with van der Waals surface area (Å²) < 4.78 is 24.7. The molecule has 2 aromatic rings. The monoisotopic (exact) mass is 548 g/mol. The molecule has 1 aliphatic rings. The van der Waals surface area contributed by atoms with Crippen molar-refractivity contribution in [1.29, 1.82) is 0 Å². The molecule has 3 rings (SSSR count). The summed E-state index contributed by atoms with van der Waals surface area (Å²) >= 11 is 6.08. The zero-order valence-corrected chi connectivity index (χ0v) is 20.1. The van der Waals surface area contributed by atoms with E-state index < -0.39 is 9.84 Å². The fraction of sp³-hybridized carbons (Fsp3) is 0.350. The van der Waals surface area contributed by atoms with E-state index >= 15 is 0 Å². The molecule has 0 amide bonds. The number of hydrogen-bond acceptors (Lipinski definition) is 4. The van der Waals surface area contributed by atoms with Gasteiger partial charge in [-0.15, -0.1) is 24.0 Å². The maximum Gasteiger partial charge on any atom is 0.191 e. The number of aliphatic imine (C=N–C) groups is 1. The van der Waals surface area contributed by atoms with Crippen molar-refractivity contribution in [1.82, 2.24) is 10.6 Å². The second-order valence-corrected chi connectivity index (χ2v) is 9.23. The third-order valence-corrected chi connectivity index (χ3v) is 6.66. The first-order chi connectivity index (χ1) is 13.5. The maximum absolute atomic E-state index is 12.4. The Bertz CT molecular complexity index is 925. The van der Waals surface area contributed by atoms with Gasteiger partial charge in [-0.05, 0) is 36.8 Å². The molecule has 1 atom stereocenters. The summed E-state index contributed by atoms with van der Waals surface area (Å²) in [5.74, 6) is 0.623. The fourth-order valence-electron chi connectivity index (χ4n) is 3.22. The highest BCUT2D eigenvalue weighted by Crippen LogP contribution is 2.23. The van der Waals surface area contributed by atoms with Gasteiger partial charge in [0.15, 0.2) is 15.8 Å². The number of anilines is 1. The number of halogens is 2. The van der Waals surface area contributed by atoms with Gasteiger partial charge >= 0.3 is 0 Å². The Kier molecular flexibility index (Phi) is 9.04. The minimum absolute atomic E-state index is 0. The highest BCUT2D eigenvalue weighted by Gasteiger charge is 2.23. The Morgan fingerprint density at radius 1 is 1.21 bits per heavy atom. The molecule has 6 nitrogen and oxygen atoms in total. The summed E-state index contributed by atoms with van der Waals surface area (Å²) in [5, 5.41) is 7.21. The summed E-state index contributed by atoms with van der Waals surface area (Å²) in [7, 11) is -1.62. The van der Waals surface area contributed by atoms with Crippen molar-refractivity contribution in [3.63, 3.8) is 0 Å². The Morgan fingerprint density at radius 2 is 1.97 bits per heavy atom. The smallest absolute Gasteiger partial charge is 0.191 e. The van der Waals surface area contributed by atoms with Gasteiger partial charge in [0.2, 0.25) is 0 Å². The van der Waals surface area contributed by atoms with Crippen LogP contribution in [0.1, 0.15) is 6.42 Å². The van der Waals surface area contributed by atoms with Crippen LogP contribution in [0.15, 0.2) is 64.5 Å². The number of benzene rings is 2. The van der Waals surface area contributed by atoms with Gasteiger partial charge in [-0.2, -0.15) is 0 Å². The molecular formula is C20H26ClIN4O2S. The van der Waals surface area contributed by atoms with E-state index in [1.165, 1.54) is 0 Å². The lowest BCUT2D eigenvalue weighted by molar-refractivity contribution is 0.594. The number of hydrogen-bond donors (Lipinski definition) is 2. The van der Waals surface area contributed by atoms with E-state index in [4.69, 9.17) is 11.6 Å². The van der Waals surface area contributed by atoms with Gasteiger partial charge < -0.3 is 15.5 Å². The number of sulfone groups is 1. The second-order valence-electron chi connectivity index (χ2n) is 6.69. The van der Waals surface area contributed by atoms with E-state index in [2.05, 4.69) is 26.6 Å². The van der Waals surface area contributed by atoms with Crippen LogP contribution in [0.5, 0.6) is 0 Å². The first-order valence-electron chi connectivity index (χ1n) is 9.23. The van der Waals surface area contributed by atoms with Crippen molar-refractivity contribution >= 4 is 57.1 Å². The van der Waals surface area contributed by atoms with Crippen molar-refractivity contribution in [2.75, 3.05) is 37.3 Å². The predicted molar refractivity (Wildman–Crippen MR) is 130 cm³/mol. The number of rotatable bonds is 6. The van der Waals surface area contributed by atoms with E-state index in [-0.39, 0.29) is 35.8 Å². The van der Waals surface area contributed by atoms with Gasteiger partial charge in [0, 0.05) is 43.4 Å². The van der Waals surface area contributed by atoms with Gasteiger partial charge in [-0.3, -0.25) is 4.99 Å². The quantitative estimate of drug-likeness (QED) is 0.330. The minimum atomic E-state index is -3.31. The number of guanidine groups is 1. The van der Waals surface area contributed by atoms with Crippen LogP contribution >= 0.6 is 35.6 Å². The normalized spacial score (nSPS) is 17.0. The maximum atomic E-state index is 12.4. The van der Waals surface area contributed by atoms with Gasteiger partial charge in [0.05, 0.1) is 10.6 Å². The molecule has 0 aliphatic carbocycles. The van der Waals surface area contributed by atoms with Gasteiger partial charge in [-0.1, -0.05) is 35.9 Å². The summed E-state index contributed by atoms with van der Waals surface area (Å²) in [4.78, 5) is 6.83. The average molecular weight is 549 g/mol. The molecule has 1 saturated heterocycles. The van der Waals surface area contributed by atoms with E-state index in [1.807, 2.05) is 18.2 Å². The molecule has 2 aromatic carbocycles. The van der Waals surface area contributed by atoms with Gasteiger partial charge in [0.1, 0.15) is 0 Å². The van der Waals surface area contributed by atoms with Crippen molar-refractivity contribution < 1.29 is 8.42 Å². The molecule has 29 heavy (non-hydrogen) atoms. The van der Waals surface area contributed by atoms with Crippen LogP contribution in [0.2, 0.25) is 5.02 Å². The first kappa shape index (κ1) is 23.8. The molecule has 2 N–H and O–H groups in total. The van der Waals surface area contributed by atoms with Crippen molar-refractivity contribution in [3.8, 4) is 0 Å². The Labute approximate surface area is 194 Å². The lowest BCUT2D eigenvalue weighted by Gasteiger charge is -2.20. The van der Waals surface area contributed by atoms with E-state index in [9.17, 15) is 8.42 Å². The Balaban J connectivity index is 0.00000300. The molecule has 1 unspecified atom stereocenters. The van der Waals surface area contributed by atoms with Crippen molar-refractivity contribution in [2.24, 2.45) is 4.99 Å². The van der Waals surface area contributed by atoms with Gasteiger partial charge in [0.25, 0.3) is 0 Å². The lowest BCUT2D eigenvalue weighted by Crippen LogP contribution is -2.45. The lowest BCUT2D eigenvalue weighted by atomic mass is 10.3. The van der Waals surface area contributed by atoms with Gasteiger partial charge in [-0.25, -0.2) is 8.42 Å². The molecule has 0 radical (unpaired) electrons. The zero-order valence-electron chi connectivity index (χ0n) is 16.2. The predicted octanol–water partition coefficient (Wildman–Crippen LogP) is 3.18. The molecule has 0 aromatic heterocycles. The molecule has 9 heteroatoms. The van der Waals surface area contributed by atoms with Crippen molar-refractivity contribution in [3.05, 3.63) is 59.6 Å². The summed E-state index contributed by atoms with van der Waals surface area (Å²) in [6.07, 6.45) is 0.968. The van der Waals surface area contributed by atoms with E-state index in [0.717, 1.165) is 30.2 Å². The largest absolute Gasteiger partial charge is 0.369 e. The molecule has 1 aliphatic heterocycles. The molecule has 0 saturated carbocycles. The van der Waals surface area contributed by atoms with E-state index in [1.54, 1.807) is 37.4 Å². The van der Waals surface area contributed by atoms with Crippen molar-refractivity contribution in [2.45, 2.75) is 17.4 Å². The third-order valence-electron chi connectivity index (χ3n) is 4.69. The molecular weight excluding hydrogens is 523 g/mol. The number of nitrogens with one attached hydrogen (secondary N) is 2. The summed E-state index contributed by atoms with van der Waals surface area (Å²) in [6.45, 7) is 2.06. The van der Waals surface area contributed by atoms with Crippen LogP contribution in [0.4, 0.5) is 5.69 Å². The molecule has 0 bridgehead atoms. The minimum Gasteiger partial charge on any atom is -0.369 e. The average Bonchev–Trinajstić information content (AvgIpc) is 3.16. The second kappa shape index (κ2) is 11.0. The first-order valence-corrected chi connectivity index (χ1v) is 11.3. The van der Waals surface area contributed by atoms with Crippen LogP contribution < -0.4 is 15.5 Å².